The molecule has 0 radical (unpaired) electrons. The molecule has 0 saturated carbocycles. The fourth-order valence-corrected chi connectivity index (χ4v) is 3.72. The van der Waals surface area contributed by atoms with E-state index in [9.17, 15) is 31.9 Å². The molecule has 0 bridgehead atoms. The quantitative estimate of drug-likeness (QED) is 0.731. The number of methoxy groups -OCH3 is 1. The number of nitrogens with one attached hydrogen (secondary N) is 1. The molecule has 1 amide bonds. The Hall–Kier alpha value is -2.56. The number of aliphatic hydroxyl groups is 1. The number of hydrogen-bond donors (Lipinski definition) is 2. The van der Waals surface area contributed by atoms with Gasteiger partial charge in [-0.05, 0) is 36.9 Å². The van der Waals surface area contributed by atoms with E-state index in [4.69, 9.17) is 4.74 Å². The second kappa shape index (κ2) is 7.93. The zero-order chi connectivity index (χ0) is 22.3. The van der Waals surface area contributed by atoms with Gasteiger partial charge in [0, 0.05) is 19.6 Å². The Morgan fingerprint density at radius 3 is 2.40 bits per heavy atom. The largest absolute Gasteiger partial charge is 0.416 e. The SMILES string of the molecule is CO[C@]1(C(=O)Nc2cccc(F)c2F)C(O)N(C)C[C@@H]1c1ccc(C(F)(F)F)cc1. The van der Waals surface area contributed by atoms with E-state index < -0.39 is 52.7 Å². The summed E-state index contributed by atoms with van der Waals surface area (Å²) in [6.07, 6.45) is -6.03. The number of carbonyl (C=O) groups excluding carboxylic acids is 1. The second-order valence-electron chi connectivity index (χ2n) is 7.04. The van der Waals surface area contributed by atoms with Crippen molar-refractivity contribution in [1.82, 2.24) is 4.90 Å². The molecule has 2 aromatic rings. The number of hydrogen-bond acceptors (Lipinski definition) is 4. The number of nitrogens with zero attached hydrogens (tertiary/aromatic N) is 1. The van der Waals surface area contributed by atoms with Crippen molar-refractivity contribution >= 4 is 11.6 Å². The van der Waals surface area contributed by atoms with Gasteiger partial charge in [0.15, 0.2) is 17.2 Å². The summed E-state index contributed by atoms with van der Waals surface area (Å²) in [4.78, 5) is 14.5. The molecule has 10 heteroatoms. The van der Waals surface area contributed by atoms with Crippen molar-refractivity contribution in [3.63, 3.8) is 0 Å². The lowest BCUT2D eigenvalue weighted by Crippen LogP contribution is -2.56. The molecule has 30 heavy (non-hydrogen) atoms. The molecule has 2 N–H and O–H groups in total. The molecule has 0 aliphatic carbocycles. The highest BCUT2D eigenvalue weighted by Crippen LogP contribution is 2.43. The molecule has 1 unspecified atom stereocenters. The minimum absolute atomic E-state index is 0.0689. The molecule has 1 fully saturated rings. The van der Waals surface area contributed by atoms with Crippen LogP contribution in [-0.4, -0.2) is 48.4 Å². The molecular weight excluding hydrogens is 411 g/mol. The normalized spacial score (nSPS) is 24.8. The molecule has 3 atom stereocenters. The monoisotopic (exact) mass is 430 g/mol. The maximum atomic E-state index is 14.0. The maximum absolute atomic E-state index is 14.0. The minimum Gasteiger partial charge on any atom is -0.375 e. The standard InChI is InChI=1S/C20H19F5N2O3/c1-27-10-13(11-6-8-12(9-7-11)20(23,24)25)19(30-2,18(27)29)17(28)26-15-5-3-4-14(21)16(15)22/h3-9,13,18,29H,10H2,1-2H3,(H,26,28)/t13-,18?,19-/m1/s1. The van der Waals surface area contributed by atoms with Gasteiger partial charge in [-0.25, -0.2) is 8.78 Å². The van der Waals surface area contributed by atoms with Crippen LogP contribution < -0.4 is 5.32 Å². The molecule has 1 aliphatic rings. The number of amides is 1. The maximum Gasteiger partial charge on any atom is 0.416 e. The summed E-state index contributed by atoms with van der Waals surface area (Å²) in [7, 11) is 2.65. The first kappa shape index (κ1) is 22.1. The topological polar surface area (TPSA) is 61.8 Å². The third kappa shape index (κ3) is 3.66. The van der Waals surface area contributed by atoms with E-state index in [0.717, 1.165) is 31.4 Å². The Labute approximate surface area is 169 Å². The van der Waals surface area contributed by atoms with Crippen LogP contribution in [0.25, 0.3) is 0 Å². The molecule has 1 saturated heterocycles. The number of ether oxygens (including phenoxy) is 1. The predicted octanol–water partition coefficient (Wildman–Crippen LogP) is 3.35. The van der Waals surface area contributed by atoms with Crippen LogP contribution in [0, 0.1) is 11.6 Å². The first-order valence-corrected chi connectivity index (χ1v) is 8.88. The molecule has 1 aliphatic heterocycles. The van der Waals surface area contributed by atoms with Crippen LogP contribution in [0.4, 0.5) is 27.6 Å². The van der Waals surface area contributed by atoms with Crippen molar-refractivity contribution in [2.45, 2.75) is 23.9 Å². The molecule has 2 aromatic carbocycles. The number of carbonyl (C=O) groups is 1. The van der Waals surface area contributed by atoms with Crippen LogP contribution in [0.5, 0.6) is 0 Å². The summed E-state index contributed by atoms with van der Waals surface area (Å²) in [5, 5.41) is 12.9. The van der Waals surface area contributed by atoms with E-state index in [1.807, 2.05) is 0 Å². The lowest BCUT2D eigenvalue weighted by Gasteiger charge is -2.35. The van der Waals surface area contributed by atoms with Gasteiger partial charge in [0.1, 0.15) is 6.23 Å². The number of benzene rings is 2. The van der Waals surface area contributed by atoms with Gasteiger partial charge in [0.2, 0.25) is 0 Å². The van der Waals surface area contributed by atoms with Gasteiger partial charge in [0.05, 0.1) is 11.3 Å². The Morgan fingerprint density at radius 1 is 1.20 bits per heavy atom. The van der Waals surface area contributed by atoms with Gasteiger partial charge in [-0.15, -0.1) is 0 Å². The molecule has 162 valence electrons. The summed E-state index contributed by atoms with van der Waals surface area (Å²) in [5.74, 6) is -4.32. The zero-order valence-corrected chi connectivity index (χ0v) is 16.0. The number of rotatable bonds is 4. The predicted molar refractivity (Wildman–Crippen MR) is 97.5 cm³/mol. The van der Waals surface area contributed by atoms with Crippen LogP contribution >= 0.6 is 0 Å². The van der Waals surface area contributed by atoms with E-state index in [0.29, 0.717) is 5.56 Å². The van der Waals surface area contributed by atoms with Gasteiger partial charge in [-0.2, -0.15) is 13.2 Å². The fraction of sp³-hybridized carbons (Fsp3) is 0.350. The number of likely N-dealkylation sites (tertiary alicyclic amines) is 1. The van der Waals surface area contributed by atoms with E-state index in [1.54, 1.807) is 0 Å². The average Bonchev–Trinajstić information content (AvgIpc) is 2.96. The van der Waals surface area contributed by atoms with E-state index in [2.05, 4.69) is 5.32 Å². The number of aliphatic hydroxyl groups excluding tert-OH is 1. The van der Waals surface area contributed by atoms with Crippen molar-refractivity contribution in [1.29, 1.82) is 0 Å². The lowest BCUT2D eigenvalue weighted by atomic mass is 9.82. The average molecular weight is 430 g/mol. The Morgan fingerprint density at radius 2 is 1.83 bits per heavy atom. The summed E-state index contributed by atoms with van der Waals surface area (Å²) in [5.41, 5.74) is -2.99. The third-order valence-electron chi connectivity index (χ3n) is 5.32. The van der Waals surface area contributed by atoms with E-state index in [1.165, 1.54) is 30.1 Å². The number of alkyl halides is 3. The van der Waals surface area contributed by atoms with E-state index in [-0.39, 0.29) is 6.54 Å². The van der Waals surface area contributed by atoms with Crippen LogP contribution in [0.2, 0.25) is 0 Å². The third-order valence-corrected chi connectivity index (χ3v) is 5.32. The number of anilines is 1. The van der Waals surface area contributed by atoms with Gasteiger partial charge in [-0.1, -0.05) is 18.2 Å². The summed E-state index contributed by atoms with van der Waals surface area (Å²) in [6, 6.07) is 7.33. The smallest absolute Gasteiger partial charge is 0.375 e. The summed E-state index contributed by atoms with van der Waals surface area (Å²) < 4.78 is 71.5. The van der Waals surface area contributed by atoms with Crippen molar-refractivity contribution in [3.05, 3.63) is 65.2 Å². The highest BCUT2D eigenvalue weighted by molar-refractivity contribution is 5.99. The number of halogens is 5. The van der Waals surface area contributed by atoms with Crippen LogP contribution in [0.1, 0.15) is 17.0 Å². The molecule has 0 spiro atoms. The van der Waals surface area contributed by atoms with Gasteiger partial charge >= 0.3 is 6.18 Å². The zero-order valence-electron chi connectivity index (χ0n) is 16.0. The Kier molecular flexibility index (Phi) is 5.85. The molecule has 1 heterocycles. The lowest BCUT2D eigenvalue weighted by molar-refractivity contribution is -0.160. The molecule has 0 aromatic heterocycles. The first-order chi connectivity index (χ1) is 14.0. The molecule has 5 nitrogen and oxygen atoms in total. The molecule has 3 rings (SSSR count). The fourth-order valence-electron chi connectivity index (χ4n) is 3.72. The van der Waals surface area contributed by atoms with Crippen LogP contribution in [-0.2, 0) is 15.7 Å². The van der Waals surface area contributed by atoms with Crippen LogP contribution in [0.3, 0.4) is 0 Å². The number of likely N-dealkylation sites (N-methyl/N-ethyl adjacent to an activating group) is 1. The first-order valence-electron chi connectivity index (χ1n) is 8.88. The van der Waals surface area contributed by atoms with Crippen molar-refractivity contribution < 1.29 is 36.6 Å². The Balaban J connectivity index is 2.00. The summed E-state index contributed by atoms with van der Waals surface area (Å²) >= 11 is 0. The highest BCUT2D eigenvalue weighted by atomic mass is 19.4. The summed E-state index contributed by atoms with van der Waals surface area (Å²) in [6.45, 7) is 0.0689. The Bertz CT molecular complexity index is 935. The van der Waals surface area contributed by atoms with Crippen molar-refractivity contribution in [2.24, 2.45) is 0 Å². The van der Waals surface area contributed by atoms with Gasteiger partial charge < -0.3 is 15.2 Å². The highest BCUT2D eigenvalue weighted by Gasteiger charge is 2.59. The van der Waals surface area contributed by atoms with Crippen molar-refractivity contribution in [2.75, 3.05) is 26.0 Å². The van der Waals surface area contributed by atoms with Gasteiger partial charge in [-0.3, -0.25) is 9.69 Å². The van der Waals surface area contributed by atoms with E-state index >= 15 is 0 Å². The van der Waals surface area contributed by atoms with Gasteiger partial charge in [0.25, 0.3) is 5.91 Å². The second-order valence-corrected chi connectivity index (χ2v) is 7.04. The minimum atomic E-state index is -4.53. The van der Waals surface area contributed by atoms with Crippen molar-refractivity contribution in [3.8, 4) is 0 Å². The molecular formula is C20H19F5N2O3. The van der Waals surface area contributed by atoms with Crippen LogP contribution in [0.15, 0.2) is 42.5 Å².